The Morgan fingerprint density at radius 1 is 1.54 bits per heavy atom. The van der Waals surface area contributed by atoms with Crippen molar-refractivity contribution in [3.8, 4) is 0 Å². The third-order valence-corrected chi connectivity index (χ3v) is 2.91. The van der Waals surface area contributed by atoms with Crippen molar-refractivity contribution in [2.75, 3.05) is 18.1 Å². The quantitative estimate of drug-likeness (QED) is 0.674. The average molecular weight is 204 g/mol. The van der Waals surface area contributed by atoms with Crippen LogP contribution in [0, 0.1) is 5.92 Å². The van der Waals surface area contributed by atoms with Crippen LogP contribution in [0.5, 0.6) is 0 Å². The molecule has 3 nitrogen and oxygen atoms in total. The van der Waals surface area contributed by atoms with E-state index in [2.05, 4.69) is 12.2 Å². The Hall–Kier alpha value is -0.220. The maximum Gasteiger partial charge on any atom is 0.224 e. The highest BCUT2D eigenvalue weighted by molar-refractivity contribution is 7.99. The summed E-state index contributed by atoms with van der Waals surface area (Å²) in [6.07, 6.45) is 0. The van der Waals surface area contributed by atoms with E-state index in [1.807, 2.05) is 25.6 Å². The van der Waals surface area contributed by atoms with Crippen molar-refractivity contribution in [3.05, 3.63) is 0 Å². The molecule has 1 amide bonds. The van der Waals surface area contributed by atoms with Gasteiger partial charge in [-0.2, -0.15) is 11.8 Å². The molecule has 0 aromatic carbocycles. The van der Waals surface area contributed by atoms with E-state index in [0.29, 0.717) is 6.54 Å². The van der Waals surface area contributed by atoms with Crippen LogP contribution < -0.4 is 11.1 Å². The molecule has 0 heterocycles. The number of nitrogens with one attached hydrogen (secondary N) is 1. The zero-order chi connectivity index (χ0) is 10.3. The molecule has 3 N–H and O–H groups in total. The Bertz CT molecular complexity index is 153. The molecule has 0 saturated carbocycles. The van der Waals surface area contributed by atoms with Gasteiger partial charge in [-0.1, -0.05) is 13.8 Å². The van der Waals surface area contributed by atoms with Gasteiger partial charge in [0.05, 0.1) is 0 Å². The monoisotopic (exact) mass is 204 g/mol. The van der Waals surface area contributed by atoms with Gasteiger partial charge in [-0.3, -0.25) is 4.79 Å². The van der Waals surface area contributed by atoms with Gasteiger partial charge in [-0.25, -0.2) is 0 Å². The van der Waals surface area contributed by atoms with Gasteiger partial charge in [-0.15, -0.1) is 0 Å². The van der Waals surface area contributed by atoms with E-state index >= 15 is 0 Å². The van der Waals surface area contributed by atoms with E-state index < -0.39 is 0 Å². The number of nitrogens with two attached hydrogens (primary N) is 1. The fourth-order valence-corrected chi connectivity index (χ4v) is 1.50. The number of hydrogen-bond donors (Lipinski definition) is 2. The number of carbonyl (C=O) groups is 1. The number of thioether (sulfide) groups is 1. The second kappa shape index (κ2) is 7.21. The van der Waals surface area contributed by atoms with Crippen LogP contribution in [-0.2, 0) is 4.79 Å². The van der Waals surface area contributed by atoms with Crippen LogP contribution in [0.25, 0.3) is 0 Å². The van der Waals surface area contributed by atoms with E-state index in [0.717, 1.165) is 11.5 Å². The van der Waals surface area contributed by atoms with Gasteiger partial charge in [0.2, 0.25) is 5.91 Å². The number of carbonyl (C=O) groups excluding carboxylic acids is 1. The first-order valence-electron chi connectivity index (χ1n) is 4.70. The number of hydrogen-bond acceptors (Lipinski definition) is 3. The van der Waals surface area contributed by atoms with Crippen molar-refractivity contribution < 1.29 is 4.79 Å². The van der Waals surface area contributed by atoms with Crippen LogP contribution in [0.2, 0.25) is 0 Å². The van der Waals surface area contributed by atoms with Crippen LogP contribution in [-0.4, -0.2) is 30.0 Å². The molecule has 0 bridgehead atoms. The highest BCUT2D eigenvalue weighted by Gasteiger charge is 2.12. The van der Waals surface area contributed by atoms with Crippen LogP contribution in [0.3, 0.4) is 0 Å². The van der Waals surface area contributed by atoms with E-state index in [4.69, 9.17) is 5.73 Å². The van der Waals surface area contributed by atoms with Gasteiger partial charge >= 0.3 is 0 Å². The second-order valence-corrected chi connectivity index (χ2v) is 4.52. The predicted octanol–water partition coefficient (Wildman–Crippen LogP) is 0.839. The molecule has 0 saturated heterocycles. The summed E-state index contributed by atoms with van der Waals surface area (Å²) < 4.78 is 0. The molecule has 78 valence electrons. The van der Waals surface area contributed by atoms with E-state index in [-0.39, 0.29) is 17.9 Å². The Labute approximate surface area is 84.8 Å². The fourth-order valence-electron chi connectivity index (χ4n) is 0.828. The summed E-state index contributed by atoms with van der Waals surface area (Å²) in [6.45, 7) is 6.39. The average Bonchev–Trinajstić information content (AvgIpc) is 2.13. The molecule has 0 aliphatic carbocycles. The maximum atomic E-state index is 11.3. The molecule has 0 aliphatic rings. The first-order valence-corrected chi connectivity index (χ1v) is 5.85. The summed E-state index contributed by atoms with van der Waals surface area (Å²) in [7, 11) is 0. The Kier molecular flexibility index (Phi) is 7.09. The van der Waals surface area contributed by atoms with Gasteiger partial charge in [0.1, 0.15) is 0 Å². The van der Waals surface area contributed by atoms with Crippen molar-refractivity contribution in [2.45, 2.75) is 26.8 Å². The minimum Gasteiger partial charge on any atom is -0.353 e. The largest absolute Gasteiger partial charge is 0.353 e. The van der Waals surface area contributed by atoms with Crippen molar-refractivity contribution in [1.82, 2.24) is 5.32 Å². The number of amides is 1. The lowest BCUT2D eigenvalue weighted by atomic mass is 10.1. The first-order chi connectivity index (χ1) is 6.11. The topological polar surface area (TPSA) is 55.1 Å². The summed E-state index contributed by atoms with van der Waals surface area (Å²) in [5.74, 6) is 2.05. The van der Waals surface area contributed by atoms with Crippen molar-refractivity contribution in [2.24, 2.45) is 11.7 Å². The Morgan fingerprint density at radius 2 is 2.15 bits per heavy atom. The lowest BCUT2D eigenvalue weighted by Gasteiger charge is -2.15. The molecule has 4 heteroatoms. The third-order valence-electron chi connectivity index (χ3n) is 1.76. The van der Waals surface area contributed by atoms with Gasteiger partial charge < -0.3 is 11.1 Å². The zero-order valence-electron chi connectivity index (χ0n) is 8.67. The van der Waals surface area contributed by atoms with E-state index in [9.17, 15) is 4.79 Å². The van der Waals surface area contributed by atoms with Crippen LogP contribution in [0.15, 0.2) is 0 Å². The van der Waals surface area contributed by atoms with Crippen molar-refractivity contribution >= 4 is 17.7 Å². The third kappa shape index (κ3) is 5.93. The normalized spacial score (nSPS) is 15.1. The minimum absolute atomic E-state index is 0.0618. The molecule has 2 atom stereocenters. The molecule has 13 heavy (non-hydrogen) atoms. The Balaban J connectivity index is 3.64. The molecular formula is C9H20N2OS. The van der Waals surface area contributed by atoms with Crippen molar-refractivity contribution in [3.63, 3.8) is 0 Å². The lowest BCUT2D eigenvalue weighted by Crippen LogP contribution is -2.39. The Morgan fingerprint density at radius 3 is 2.62 bits per heavy atom. The molecule has 0 aromatic rings. The lowest BCUT2D eigenvalue weighted by molar-refractivity contribution is -0.124. The summed E-state index contributed by atoms with van der Waals surface area (Å²) >= 11 is 1.83. The van der Waals surface area contributed by atoms with E-state index in [1.165, 1.54) is 0 Å². The zero-order valence-corrected chi connectivity index (χ0v) is 9.49. The summed E-state index contributed by atoms with van der Waals surface area (Å²) in [6, 6.07) is 0.242. The number of rotatable bonds is 6. The summed E-state index contributed by atoms with van der Waals surface area (Å²) in [5.41, 5.74) is 5.38. The first kappa shape index (κ1) is 12.8. The van der Waals surface area contributed by atoms with Crippen LogP contribution in [0.1, 0.15) is 20.8 Å². The van der Waals surface area contributed by atoms with Crippen LogP contribution in [0.4, 0.5) is 0 Å². The molecule has 0 fully saturated rings. The van der Waals surface area contributed by atoms with Gasteiger partial charge in [-0.05, 0) is 12.7 Å². The SMILES string of the molecule is CCSCC(C)NC(=O)C(C)CN. The van der Waals surface area contributed by atoms with Gasteiger partial charge in [0.25, 0.3) is 0 Å². The maximum absolute atomic E-state index is 11.3. The smallest absolute Gasteiger partial charge is 0.224 e. The van der Waals surface area contributed by atoms with Gasteiger partial charge in [0.15, 0.2) is 0 Å². The van der Waals surface area contributed by atoms with Crippen molar-refractivity contribution in [1.29, 1.82) is 0 Å². The predicted molar refractivity (Wildman–Crippen MR) is 58.8 cm³/mol. The molecule has 0 aromatic heterocycles. The van der Waals surface area contributed by atoms with Gasteiger partial charge in [0, 0.05) is 24.3 Å². The summed E-state index contributed by atoms with van der Waals surface area (Å²) in [5, 5.41) is 2.93. The molecule has 0 aliphatic heterocycles. The minimum atomic E-state index is -0.0749. The molecular weight excluding hydrogens is 184 g/mol. The molecule has 0 radical (unpaired) electrons. The van der Waals surface area contributed by atoms with Crippen LogP contribution >= 0.6 is 11.8 Å². The molecule has 2 unspecified atom stereocenters. The summed E-state index contributed by atoms with van der Waals surface area (Å²) in [4.78, 5) is 11.3. The standard InChI is InChI=1S/C9H20N2OS/c1-4-13-6-8(3)11-9(12)7(2)5-10/h7-8H,4-6,10H2,1-3H3,(H,11,12). The highest BCUT2D eigenvalue weighted by Crippen LogP contribution is 2.02. The van der Waals surface area contributed by atoms with E-state index in [1.54, 1.807) is 0 Å². The molecule has 0 rings (SSSR count). The highest BCUT2D eigenvalue weighted by atomic mass is 32.2. The fraction of sp³-hybridized carbons (Fsp3) is 0.889. The second-order valence-electron chi connectivity index (χ2n) is 3.21. The molecule has 0 spiro atoms.